The SMILES string of the molecule is C1=CC(C=C2c3ccccc3-c3ccccc32)C=C1. The molecule has 0 nitrogen and oxygen atoms in total. The van der Waals surface area contributed by atoms with Gasteiger partial charge in [-0.2, -0.15) is 0 Å². The lowest BCUT2D eigenvalue weighted by atomic mass is 9.99. The number of benzene rings is 2. The molecule has 0 spiro atoms. The van der Waals surface area contributed by atoms with Crippen LogP contribution in [0, 0.1) is 5.92 Å². The Morgan fingerprint density at radius 3 is 1.63 bits per heavy atom. The van der Waals surface area contributed by atoms with Gasteiger partial charge in [0, 0.05) is 5.92 Å². The molecule has 19 heavy (non-hydrogen) atoms. The molecule has 0 aromatic heterocycles. The second-order valence-corrected chi connectivity index (χ2v) is 5.02. The molecule has 0 saturated heterocycles. The van der Waals surface area contributed by atoms with Crippen LogP contribution < -0.4 is 0 Å². The molecule has 0 heteroatoms. The number of allylic oxidation sites excluding steroid dienone is 5. The highest BCUT2D eigenvalue weighted by Crippen LogP contribution is 2.44. The highest BCUT2D eigenvalue weighted by atomic mass is 14.3. The fourth-order valence-electron chi connectivity index (χ4n) is 2.98. The third-order valence-corrected chi connectivity index (χ3v) is 3.86. The zero-order chi connectivity index (χ0) is 12.7. The second-order valence-electron chi connectivity index (χ2n) is 5.02. The summed E-state index contributed by atoms with van der Waals surface area (Å²) >= 11 is 0. The van der Waals surface area contributed by atoms with Crippen molar-refractivity contribution in [2.45, 2.75) is 0 Å². The van der Waals surface area contributed by atoms with Gasteiger partial charge in [0.2, 0.25) is 0 Å². The monoisotopic (exact) mass is 242 g/mol. The van der Waals surface area contributed by atoms with Gasteiger partial charge in [-0.05, 0) is 27.8 Å². The van der Waals surface area contributed by atoms with Crippen molar-refractivity contribution in [3.05, 3.63) is 90.0 Å². The minimum absolute atomic E-state index is 0.425. The van der Waals surface area contributed by atoms with Gasteiger partial charge >= 0.3 is 0 Å². The van der Waals surface area contributed by atoms with E-state index in [2.05, 4.69) is 78.9 Å². The van der Waals surface area contributed by atoms with Crippen molar-refractivity contribution in [2.24, 2.45) is 5.92 Å². The summed E-state index contributed by atoms with van der Waals surface area (Å²) in [6.45, 7) is 0. The van der Waals surface area contributed by atoms with E-state index in [1.165, 1.54) is 27.8 Å². The lowest BCUT2D eigenvalue weighted by Crippen LogP contribution is -1.87. The first-order valence-corrected chi connectivity index (χ1v) is 6.69. The van der Waals surface area contributed by atoms with E-state index >= 15 is 0 Å². The van der Waals surface area contributed by atoms with Gasteiger partial charge in [0.05, 0.1) is 0 Å². The van der Waals surface area contributed by atoms with Gasteiger partial charge in [0.1, 0.15) is 0 Å². The Bertz CT molecular complexity index is 670. The van der Waals surface area contributed by atoms with Gasteiger partial charge in [-0.25, -0.2) is 0 Å². The minimum Gasteiger partial charge on any atom is -0.0738 e. The molecule has 0 heterocycles. The average Bonchev–Trinajstić information content (AvgIpc) is 3.08. The van der Waals surface area contributed by atoms with E-state index in [-0.39, 0.29) is 0 Å². The maximum atomic E-state index is 2.37. The average molecular weight is 242 g/mol. The topological polar surface area (TPSA) is 0 Å². The van der Waals surface area contributed by atoms with Crippen molar-refractivity contribution in [1.29, 1.82) is 0 Å². The van der Waals surface area contributed by atoms with Crippen LogP contribution >= 0.6 is 0 Å². The van der Waals surface area contributed by atoms with Crippen LogP contribution in [-0.4, -0.2) is 0 Å². The molecule has 0 fully saturated rings. The third kappa shape index (κ3) is 1.61. The largest absolute Gasteiger partial charge is 0.0738 e. The molecule has 90 valence electrons. The first-order chi connectivity index (χ1) is 9.43. The third-order valence-electron chi connectivity index (χ3n) is 3.86. The Labute approximate surface area is 113 Å². The number of rotatable bonds is 1. The second kappa shape index (κ2) is 4.10. The molecule has 0 aliphatic heterocycles. The first-order valence-electron chi connectivity index (χ1n) is 6.69. The van der Waals surface area contributed by atoms with Crippen molar-refractivity contribution < 1.29 is 0 Å². The first kappa shape index (κ1) is 10.6. The molecule has 0 unspecified atom stereocenters. The Morgan fingerprint density at radius 1 is 0.632 bits per heavy atom. The van der Waals surface area contributed by atoms with Crippen LogP contribution in [0.4, 0.5) is 0 Å². The summed E-state index contributed by atoms with van der Waals surface area (Å²) in [5, 5.41) is 0. The minimum atomic E-state index is 0.425. The Morgan fingerprint density at radius 2 is 1.11 bits per heavy atom. The van der Waals surface area contributed by atoms with E-state index < -0.39 is 0 Å². The highest BCUT2D eigenvalue weighted by molar-refractivity contribution is 6.01. The molecule has 2 aromatic rings. The van der Waals surface area contributed by atoms with Crippen molar-refractivity contribution in [1.82, 2.24) is 0 Å². The van der Waals surface area contributed by atoms with Crippen LogP contribution in [0.25, 0.3) is 16.7 Å². The maximum Gasteiger partial charge on any atom is 0.0143 e. The van der Waals surface area contributed by atoms with Crippen molar-refractivity contribution in [3.8, 4) is 11.1 Å². The molecule has 0 amide bonds. The van der Waals surface area contributed by atoms with Gasteiger partial charge in [0.25, 0.3) is 0 Å². The molecular weight excluding hydrogens is 228 g/mol. The number of hydrogen-bond acceptors (Lipinski definition) is 0. The zero-order valence-electron chi connectivity index (χ0n) is 10.6. The summed E-state index contributed by atoms with van der Waals surface area (Å²) in [6, 6.07) is 17.4. The fourth-order valence-corrected chi connectivity index (χ4v) is 2.98. The summed E-state index contributed by atoms with van der Waals surface area (Å²) in [7, 11) is 0. The predicted molar refractivity (Wildman–Crippen MR) is 80.7 cm³/mol. The summed E-state index contributed by atoms with van der Waals surface area (Å²) in [4.78, 5) is 0. The summed E-state index contributed by atoms with van der Waals surface area (Å²) in [5.41, 5.74) is 6.80. The molecule has 0 atom stereocenters. The smallest absolute Gasteiger partial charge is 0.0143 e. The van der Waals surface area contributed by atoms with Crippen LogP contribution in [0.15, 0.2) is 78.9 Å². The Kier molecular flexibility index (Phi) is 2.28. The molecule has 0 bridgehead atoms. The molecule has 4 rings (SSSR count). The van der Waals surface area contributed by atoms with Crippen molar-refractivity contribution in [3.63, 3.8) is 0 Å². The summed E-state index contributed by atoms with van der Waals surface area (Å²) in [6.07, 6.45) is 11.1. The molecule has 2 aromatic carbocycles. The van der Waals surface area contributed by atoms with E-state index in [4.69, 9.17) is 0 Å². The van der Waals surface area contributed by atoms with E-state index in [0.29, 0.717) is 5.92 Å². The van der Waals surface area contributed by atoms with Crippen LogP contribution in [0.2, 0.25) is 0 Å². The molecule has 2 aliphatic carbocycles. The summed E-state index contributed by atoms with van der Waals surface area (Å²) in [5.74, 6) is 0.425. The van der Waals surface area contributed by atoms with E-state index in [0.717, 1.165) is 0 Å². The predicted octanol–water partition coefficient (Wildman–Crippen LogP) is 4.84. The standard InChI is InChI=1S/C19H14/c1-2-8-14(7-1)13-19-17-11-5-3-9-15(17)16-10-4-6-12-18(16)19/h1-14H. The van der Waals surface area contributed by atoms with Gasteiger partial charge in [0.15, 0.2) is 0 Å². The van der Waals surface area contributed by atoms with Gasteiger partial charge in [-0.1, -0.05) is 78.9 Å². The maximum absolute atomic E-state index is 2.37. The molecule has 2 aliphatic rings. The van der Waals surface area contributed by atoms with E-state index in [1.807, 2.05) is 0 Å². The van der Waals surface area contributed by atoms with Crippen LogP contribution in [0.5, 0.6) is 0 Å². The van der Waals surface area contributed by atoms with Gasteiger partial charge in [-0.3, -0.25) is 0 Å². The summed E-state index contributed by atoms with van der Waals surface area (Å²) < 4.78 is 0. The van der Waals surface area contributed by atoms with E-state index in [9.17, 15) is 0 Å². The van der Waals surface area contributed by atoms with Crippen molar-refractivity contribution in [2.75, 3.05) is 0 Å². The Hall–Kier alpha value is -2.34. The van der Waals surface area contributed by atoms with Gasteiger partial charge < -0.3 is 0 Å². The van der Waals surface area contributed by atoms with Crippen molar-refractivity contribution >= 4 is 5.57 Å². The van der Waals surface area contributed by atoms with Crippen LogP contribution in [0.3, 0.4) is 0 Å². The number of fused-ring (bicyclic) bond motifs is 3. The normalized spacial score (nSPS) is 15.7. The molecule has 0 N–H and O–H groups in total. The molecule has 0 radical (unpaired) electrons. The van der Waals surface area contributed by atoms with Gasteiger partial charge in [-0.15, -0.1) is 0 Å². The zero-order valence-corrected chi connectivity index (χ0v) is 10.6. The number of hydrogen-bond donors (Lipinski definition) is 0. The quantitative estimate of drug-likeness (QED) is 0.572. The van der Waals surface area contributed by atoms with Crippen LogP contribution in [0.1, 0.15) is 11.1 Å². The highest BCUT2D eigenvalue weighted by Gasteiger charge is 2.22. The molecule has 0 saturated carbocycles. The van der Waals surface area contributed by atoms with E-state index in [1.54, 1.807) is 0 Å². The lowest BCUT2D eigenvalue weighted by molar-refractivity contribution is 1.10. The molecular formula is C19H14. The van der Waals surface area contributed by atoms with Crippen LogP contribution in [-0.2, 0) is 0 Å². The lowest BCUT2D eigenvalue weighted by Gasteiger charge is -2.05. The Balaban J connectivity index is 1.96. The fraction of sp³-hybridized carbons (Fsp3) is 0.0526.